The summed E-state index contributed by atoms with van der Waals surface area (Å²) >= 11 is 0. The Labute approximate surface area is 188 Å². The van der Waals surface area contributed by atoms with Gasteiger partial charge in [-0.3, -0.25) is 0 Å². The van der Waals surface area contributed by atoms with E-state index in [-0.39, 0.29) is 11.9 Å². The molecule has 2 bridgehead atoms. The minimum atomic E-state index is -4.43. The summed E-state index contributed by atoms with van der Waals surface area (Å²) in [7, 11) is 1.61. The molecule has 1 aliphatic carbocycles. The van der Waals surface area contributed by atoms with Crippen LogP contribution in [0.1, 0.15) is 18.4 Å². The zero-order valence-corrected chi connectivity index (χ0v) is 18.3. The van der Waals surface area contributed by atoms with Crippen LogP contribution in [0, 0.1) is 18.8 Å². The summed E-state index contributed by atoms with van der Waals surface area (Å²) in [4.78, 5) is 11.1. The summed E-state index contributed by atoms with van der Waals surface area (Å²) in [6.45, 7) is 2.23. The van der Waals surface area contributed by atoms with Crippen molar-refractivity contribution in [3.8, 4) is 11.8 Å². The molecule has 176 valence electrons. The number of pyridine rings is 2. The lowest BCUT2D eigenvalue weighted by molar-refractivity contribution is -0.154. The molecular weight excluding hydrogens is 437 g/mol. The third-order valence-corrected chi connectivity index (χ3v) is 6.45. The number of nitrogens with one attached hydrogen (secondary N) is 1. The Kier molecular flexibility index (Phi) is 5.41. The molecular formula is C22H25F3N6O2. The Hall–Kier alpha value is -3.24. The van der Waals surface area contributed by atoms with Crippen molar-refractivity contribution in [3.63, 3.8) is 0 Å². The fraction of sp³-hybridized carbons (Fsp3) is 0.500. The van der Waals surface area contributed by atoms with Crippen LogP contribution < -0.4 is 19.7 Å². The number of hydrogen-bond acceptors (Lipinski definition) is 7. The molecule has 0 radical (unpaired) electrons. The minimum Gasteiger partial charge on any atom is -0.481 e. The topological polar surface area (TPSA) is 76.8 Å². The van der Waals surface area contributed by atoms with Crippen LogP contribution in [0.2, 0.25) is 0 Å². The molecule has 5 rings (SSSR count). The summed E-state index contributed by atoms with van der Waals surface area (Å²) in [5.41, 5.74) is 2.37. The molecule has 2 fully saturated rings. The summed E-state index contributed by atoms with van der Waals surface area (Å²) in [5.74, 6) is 1.81. The Morgan fingerprint density at radius 1 is 1.15 bits per heavy atom. The smallest absolute Gasteiger partial charge is 0.422 e. The number of fused-ring (bicyclic) bond motifs is 3. The second-order valence-corrected chi connectivity index (χ2v) is 8.66. The van der Waals surface area contributed by atoms with Crippen molar-refractivity contribution in [1.29, 1.82) is 0 Å². The number of halogens is 3. The lowest BCUT2D eigenvalue weighted by Crippen LogP contribution is -2.48. The molecule has 8 nitrogen and oxygen atoms in total. The normalized spacial score (nSPS) is 22.6. The van der Waals surface area contributed by atoms with E-state index in [2.05, 4.69) is 25.3 Å². The SMILES string of the molecule is COc1cc(N2CC3CCC(C2)C3Nc2nc3c(C)ccc(OCC(F)(F)F)n3n2)ccn1. The standard InChI is InChI=1S/C22H25F3N6O2/c1-13-3-6-18(33-12-22(23,24)25)31-20(13)28-21(29-31)27-19-14-4-5-15(19)11-30(10-14)16-7-8-26-17(9-16)32-2/h3,6-9,14-15,19H,4-5,10-12H2,1-2H3,(H,27,29). The molecule has 1 N–H and O–H groups in total. The molecule has 1 saturated carbocycles. The van der Waals surface area contributed by atoms with Gasteiger partial charge in [0, 0.05) is 43.1 Å². The summed E-state index contributed by atoms with van der Waals surface area (Å²) < 4.78 is 49.4. The highest BCUT2D eigenvalue weighted by Crippen LogP contribution is 2.40. The van der Waals surface area contributed by atoms with Crippen LogP contribution >= 0.6 is 0 Å². The minimum absolute atomic E-state index is 0.0119. The zero-order valence-electron chi connectivity index (χ0n) is 18.3. The van der Waals surface area contributed by atoms with Crippen molar-refractivity contribution >= 4 is 17.3 Å². The van der Waals surface area contributed by atoms with Gasteiger partial charge in [-0.2, -0.15) is 22.7 Å². The first-order chi connectivity index (χ1) is 15.8. The third kappa shape index (κ3) is 4.36. The fourth-order valence-corrected chi connectivity index (χ4v) is 4.91. The monoisotopic (exact) mass is 462 g/mol. The Morgan fingerprint density at radius 2 is 1.91 bits per heavy atom. The second-order valence-electron chi connectivity index (χ2n) is 8.66. The average Bonchev–Trinajstić information content (AvgIpc) is 3.30. The van der Waals surface area contributed by atoms with Gasteiger partial charge in [0.15, 0.2) is 12.3 Å². The van der Waals surface area contributed by atoms with Gasteiger partial charge in [-0.05, 0) is 43.2 Å². The second kappa shape index (κ2) is 8.27. The number of piperidine rings is 1. The average molecular weight is 462 g/mol. The molecule has 2 aliphatic rings. The molecule has 4 heterocycles. The van der Waals surface area contributed by atoms with E-state index in [1.54, 1.807) is 19.4 Å². The molecule has 2 atom stereocenters. The number of rotatable bonds is 6. The number of hydrogen-bond donors (Lipinski definition) is 1. The van der Waals surface area contributed by atoms with Gasteiger partial charge in [0.25, 0.3) is 0 Å². The third-order valence-electron chi connectivity index (χ3n) is 6.45. The number of alkyl halides is 3. The molecule has 2 unspecified atom stereocenters. The Bertz CT molecular complexity index is 1140. The van der Waals surface area contributed by atoms with Gasteiger partial charge in [0.05, 0.1) is 7.11 Å². The van der Waals surface area contributed by atoms with Gasteiger partial charge in [0.2, 0.25) is 17.7 Å². The van der Waals surface area contributed by atoms with Gasteiger partial charge >= 0.3 is 6.18 Å². The summed E-state index contributed by atoms with van der Waals surface area (Å²) in [6.07, 6.45) is -0.493. The Balaban J connectivity index is 1.33. The van der Waals surface area contributed by atoms with Gasteiger partial charge < -0.3 is 19.7 Å². The van der Waals surface area contributed by atoms with Gasteiger partial charge in [-0.1, -0.05) is 6.07 Å². The molecule has 3 aromatic rings. The van der Waals surface area contributed by atoms with Crippen LogP contribution in [0.3, 0.4) is 0 Å². The highest BCUT2D eigenvalue weighted by molar-refractivity contribution is 5.53. The van der Waals surface area contributed by atoms with E-state index in [0.29, 0.717) is 29.3 Å². The van der Waals surface area contributed by atoms with Crippen molar-refractivity contribution in [2.45, 2.75) is 32.0 Å². The van der Waals surface area contributed by atoms with Gasteiger partial charge in [-0.25, -0.2) is 4.98 Å². The van der Waals surface area contributed by atoms with Crippen molar-refractivity contribution < 1.29 is 22.6 Å². The van der Waals surface area contributed by atoms with Crippen LogP contribution in [-0.4, -0.2) is 58.6 Å². The van der Waals surface area contributed by atoms with Crippen molar-refractivity contribution in [2.24, 2.45) is 11.8 Å². The number of methoxy groups -OCH3 is 1. The molecule has 0 amide bonds. The van der Waals surface area contributed by atoms with Gasteiger partial charge in [0.1, 0.15) is 0 Å². The molecule has 33 heavy (non-hydrogen) atoms. The summed E-state index contributed by atoms with van der Waals surface area (Å²) in [5, 5.41) is 7.90. The van der Waals surface area contributed by atoms with Crippen LogP contribution in [0.25, 0.3) is 5.65 Å². The van der Waals surface area contributed by atoms with E-state index in [1.165, 1.54) is 10.6 Å². The molecule has 1 saturated heterocycles. The van der Waals surface area contributed by atoms with Crippen molar-refractivity contribution in [3.05, 3.63) is 36.0 Å². The van der Waals surface area contributed by atoms with E-state index in [4.69, 9.17) is 9.47 Å². The lowest BCUT2D eigenvalue weighted by atomic mass is 9.92. The van der Waals surface area contributed by atoms with Crippen LogP contribution in [0.15, 0.2) is 30.5 Å². The van der Waals surface area contributed by atoms with Crippen LogP contribution in [0.4, 0.5) is 24.8 Å². The molecule has 0 aromatic carbocycles. The number of anilines is 2. The maximum absolute atomic E-state index is 12.6. The summed E-state index contributed by atoms with van der Waals surface area (Å²) in [6, 6.07) is 7.30. The molecule has 3 aromatic heterocycles. The van der Waals surface area contributed by atoms with E-state index in [1.807, 2.05) is 19.1 Å². The van der Waals surface area contributed by atoms with Crippen LogP contribution in [-0.2, 0) is 0 Å². The number of aryl methyl sites for hydroxylation is 1. The highest BCUT2D eigenvalue weighted by Gasteiger charge is 2.42. The first kappa shape index (κ1) is 21.6. The fourth-order valence-electron chi connectivity index (χ4n) is 4.91. The predicted octanol–water partition coefficient (Wildman–Crippen LogP) is 3.71. The number of ether oxygens (including phenoxy) is 2. The van der Waals surface area contributed by atoms with E-state index >= 15 is 0 Å². The van der Waals surface area contributed by atoms with E-state index in [9.17, 15) is 13.2 Å². The van der Waals surface area contributed by atoms with E-state index < -0.39 is 12.8 Å². The lowest BCUT2D eigenvalue weighted by Gasteiger charge is -2.39. The Morgan fingerprint density at radius 3 is 2.61 bits per heavy atom. The maximum Gasteiger partial charge on any atom is 0.422 e. The molecule has 0 spiro atoms. The van der Waals surface area contributed by atoms with Crippen LogP contribution in [0.5, 0.6) is 11.8 Å². The highest BCUT2D eigenvalue weighted by atomic mass is 19.4. The van der Waals surface area contributed by atoms with Crippen molar-refractivity contribution in [2.75, 3.05) is 37.0 Å². The number of aromatic nitrogens is 4. The first-order valence-corrected chi connectivity index (χ1v) is 10.9. The quantitative estimate of drug-likeness (QED) is 0.599. The maximum atomic E-state index is 12.6. The number of nitrogens with zero attached hydrogens (tertiary/aromatic N) is 5. The largest absolute Gasteiger partial charge is 0.481 e. The predicted molar refractivity (Wildman–Crippen MR) is 116 cm³/mol. The molecule has 11 heteroatoms. The van der Waals surface area contributed by atoms with E-state index in [0.717, 1.165) is 37.2 Å². The molecule has 1 aliphatic heterocycles. The zero-order chi connectivity index (χ0) is 23.2. The first-order valence-electron chi connectivity index (χ1n) is 10.9. The van der Waals surface area contributed by atoms with Crippen molar-refractivity contribution in [1.82, 2.24) is 19.6 Å². The van der Waals surface area contributed by atoms with Gasteiger partial charge in [-0.15, -0.1) is 5.10 Å².